The Hall–Kier alpha value is -3.01. The lowest BCUT2D eigenvalue weighted by atomic mass is 10.0. The first-order valence-electron chi connectivity index (χ1n) is 6.91. The van der Waals surface area contributed by atoms with Crippen LogP contribution in [0.4, 0.5) is 0 Å². The predicted molar refractivity (Wildman–Crippen MR) is 84.2 cm³/mol. The fourth-order valence-electron chi connectivity index (χ4n) is 2.38. The van der Waals surface area contributed by atoms with Gasteiger partial charge in [-0.3, -0.25) is 4.79 Å². The van der Waals surface area contributed by atoms with Crippen molar-refractivity contribution in [1.82, 2.24) is 4.73 Å². The lowest BCUT2D eigenvalue weighted by molar-refractivity contribution is 0.174. The molecule has 0 aliphatic carbocycles. The molecule has 0 amide bonds. The Morgan fingerprint density at radius 2 is 1.59 bits per heavy atom. The van der Waals surface area contributed by atoms with Crippen LogP contribution in [0.2, 0.25) is 0 Å². The molecule has 1 heterocycles. The molecule has 2 aromatic carbocycles. The van der Waals surface area contributed by atoms with E-state index < -0.39 is 5.56 Å². The maximum absolute atomic E-state index is 12.1. The van der Waals surface area contributed by atoms with Crippen molar-refractivity contribution >= 4 is 0 Å². The molecule has 3 aromatic rings. The molecule has 1 aromatic heterocycles. The van der Waals surface area contributed by atoms with Crippen molar-refractivity contribution in [2.45, 2.75) is 6.42 Å². The van der Waals surface area contributed by atoms with Gasteiger partial charge in [-0.1, -0.05) is 42.5 Å². The number of aromatic nitrogens is 1. The number of phenols is 1. The zero-order valence-electron chi connectivity index (χ0n) is 11.8. The molecule has 0 atom stereocenters. The molecule has 110 valence electrons. The van der Waals surface area contributed by atoms with E-state index in [2.05, 4.69) is 0 Å². The average Bonchev–Trinajstić information content (AvgIpc) is 2.53. The van der Waals surface area contributed by atoms with Crippen LogP contribution in [0.25, 0.3) is 11.1 Å². The number of benzene rings is 2. The second-order valence-electron chi connectivity index (χ2n) is 5.11. The monoisotopic (exact) mass is 293 g/mol. The van der Waals surface area contributed by atoms with Crippen molar-refractivity contribution in [2.24, 2.45) is 0 Å². The highest BCUT2D eigenvalue weighted by molar-refractivity contribution is 5.64. The van der Waals surface area contributed by atoms with Gasteiger partial charge in [-0.25, -0.2) is 0 Å². The Balaban J connectivity index is 2.03. The molecule has 0 radical (unpaired) electrons. The zero-order valence-corrected chi connectivity index (χ0v) is 11.8. The summed E-state index contributed by atoms with van der Waals surface area (Å²) in [7, 11) is 0. The summed E-state index contributed by atoms with van der Waals surface area (Å²) >= 11 is 0. The predicted octanol–water partition coefficient (Wildman–Crippen LogP) is 3.05. The lowest BCUT2D eigenvalue weighted by Gasteiger charge is -2.08. The smallest absolute Gasteiger partial charge is 0.286 e. The van der Waals surface area contributed by atoms with Crippen molar-refractivity contribution in [3.8, 4) is 16.9 Å². The van der Waals surface area contributed by atoms with Gasteiger partial charge in [-0.05, 0) is 29.3 Å². The normalized spacial score (nSPS) is 10.5. The molecular weight excluding hydrogens is 278 g/mol. The molecule has 0 unspecified atom stereocenters. The van der Waals surface area contributed by atoms with Crippen molar-refractivity contribution in [1.29, 1.82) is 0 Å². The Bertz CT molecular complexity index is 836. The van der Waals surface area contributed by atoms with Gasteiger partial charge in [0.1, 0.15) is 5.75 Å². The third-order valence-corrected chi connectivity index (χ3v) is 3.51. The van der Waals surface area contributed by atoms with Crippen LogP contribution in [-0.4, -0.2) is 15.0 Å². The van der Waals surface area contributed by atoms with Crippen LogP contribution in [0.3, 0.4) is 0 Å². The van der Waals surface area contributed by atoms with Crippen LogP contribution in [0.5, 0.6) is 5.75 Å². The van der Waals surface area contributed by atoms with Crippen LogP contribution < -0.4 is 5.56 Å². The van der Waals surface area contributed by atoms with Crippen molar-refractivity contribution < 1.29 is 10.3 Å². The molecule has 0 aliphatic rings. The van der Waals surface area contributed by atoms with Crippen LogP contribution in [0, 0.1) is 0 Å². The largest absolute Gasteiger partial charge is 0.508 e. The van der Waals surface area contributed by atoms with Gasteiger partial charge >= 0.3 is 0 Å². The third kappa shape index (κ3) is 2.86. The molecule has 0 saturated heterocycles. The Morgan fingerprint density at radius 1 is 0.909 bits per heavy atom. The highest BCUT2D eigenvalue weighted by atomic mass is 16.5. The first-order valence-corrected chi connectivity index (χ1v) is 6.91. The van der Waals surface area contributed by atoms with Crippen LogP contribution in [0.15, 0.2) is 71.7 Å². The number of hydrogen-bond donors (Lipinski definition) is 2. The van der Waals surface area contributed by atoms with Crippen LogP contribution in [0.1, 0.15) is 11.1 Å². The minimum absolute atomic E-state index is 0.172. The molecule has 0 fully saturated rings. The van der Waals surface area contributed by atoms with E-state index in [4.69, 9.17) is 0 Å². The van der Waals surface area contributed by atoms with E-state index in [1.54, 1.807) is 30.3 Å². The van der Waals surface area contributed by atoms with Gasteiger partial charge in [0.15, 0.2) is 0 Å². The molecule has 0 saturated carbocycles. The molecule has 0 spiro atoms. The molecule has 2 N–H and O–H groups in total. The highest BCUT2D eigenvalue weighted by Crippen LogP contribution is 2.22. The Labute approximate surface area is 127 Å². The molecule has 3 rings (SSSR count). The first-order chi connectivity index (χ1) is 10.6. The van der Waals surface area contributed by atoms with E-state index in [9.17, 15) is 15.1 Å². The third-order valence-electron chi connectivity index (χ3n) is 3.51. The van der Waals surface area contributed by atoms with Gasteiger partial charge in [-0.2, -0.15) is 4.73 Å². The fraction of sp³-hybridized carbons (Fsp3) is 0.0556. The second-order valence-corrected chi connectivity index (χ2v) is 5.11. The second kappa shape index (κ2) is 5.77. The summed E-state index contributed by atoms with van der Waals surface area (Å²) in [5.41, 5.74) is 2.62. The van der Waals surface area contributed by atoms with Gasteiger partial charge in [0.25, 0.3) is 5.56 Å². The van der Waals surface area contributed by atoms with Gasteiger partial charge in [0.2, 0.25) is 0 Å². The maximum Gasteiger partial charge on any atom is 0.286 e. The minimum atomic E-state index is -0.425. The summed E-state index contributed by atoms with van der Waals surface area (Å²) in [4.78, 5) is 12.1. The summed E-state index contributed by atoms with van der Waals surface area (Å²) in [5.74, 6) is 0.172. The van der Waals surface area contributed by atoms with Crippen LogP contribution >= 0.6 is 0 Å². The number of phenolic OH excluding ortho intramolecular Hbond substituents is 1. The number of hydrogen-bond acceptors (Lipinski definition) is 3. The molecule has 0 aliphatic heterocycles. The summed E-state index contributed by atoms with van der Waals surface area (Å²) in [6.07, 6.45) is 1.83. The summed E-state index contributed by atoms with van der Waals surface area (Å²) in [5, 5.41) is 19.2. The lowest BCUT2D eigenvalue weighted by Crippen LogP contribution is -2.21. The number of aromatic hydroxyl groups is 1. The first kappa shape index (κ1) is 13.9. The SMILES string of the molecule is O=c1c(Cc2ccccc2)cc(-c2ccc(O)cc2)cn1O. The van der Waals surface area contributed by atoms with Crippen molar-refractivity contribution in [2.75, 3.05) is 0 Å². The van der Waals surface area contributed by atoms with E-state index in [1.807, 2.05) is 30.3 Å². The van der Waals surface area contributed by atoms with Gasteiger partial charge in [-0.15, -0.1) is 0 Å². The van der Waals surface area contributed by atoms with Gasteiger partial charge in [0, 0.05) is 17.5 Å². The molecule has 4 nitrogen and oxygen atoms in total. The zero-order chi connectivity index (χ0) is 15.5. The molecule has 4 heteroatoms. The van der Waals surface area contributed by atoms with E-state index in [0.29, 0.717) is 22.3 Å². The highest BCUT2D eigenvalue weighted by Gasteiger charge is 2.09. The van der Waals surface area contributed by atoms with Crippen molar-refractivity contribution in [3.05, 3.63) is 88.3 Å². The topological polar surface area (TPSA) is 62.5 Å². The fourth-order valence-corrected chi connectivity index (χ4v) is 2.38. The van der Waals surface area contributed by atoms with Crippen LogP contribution in [-0.2, 0) is 6.42 Å². The number of nitrogens with zero attached hydrogens (tertiary/aromatic N) is 1. The molecule has 0 bridgehead atoms. The molecule has 22 heavy (non-hydrogen) atoms. The summed E-state index contributed by atoms with van der Waals surface area (Å²) < 4.78 is 0.612. The Kier molecular flexibility index (Phi) is 3.66. The van der Waals surface area contributed by atoms with Gasteiger partial charge < -0.3 is 10.3 Å². The Morgan fingerprint density at radius 3 is 2.27 bits per heavy atom. The van der Waals surface area contributed by atoms with E-state index in [-0.39, 0.29) is 5.75 Å². The number of pyridine rings is 1. The van der Waals surface area contributed by atoms with E-state index in [1.165, 1.54) is 6.20 Å². The quantitative estimate of drug-likeness (QED) is 0.730. The van der Waals surface area contributed by atoms with E-state index >= 15 is 0 Å². The average molecular weight is 293 g/mol. The van der Waals surface area contributed by atoms with Crippen molar-refractivity contribution in [3.63, 3.8) is 0 Å². The maximum atomic E-state index is 12.1. The number of rotatable bonds is 3. The summed E-state index contributed by atoms with van der Waals surface area (Å²) in [6, 6.07) is 18.0. The standard InChI is InChI=1S/C18H15NO3/c20-17-8-6-14(7-9-17)16-11-15(18(21)19(22)12-16)10-13-4-2-1-3-5-13/h1-9,11-12,20,22H,10H2. The molecular formula is C18H15NO3. The summed E-state index contributed by atoms with van der Waals surface area (Å²) in [6.45, 7) is 0. The van der Waals surface area contributed by atoms with Gasteiger partial charge in [0.05, 0.1) is 6.20 Å². The minimum Gasteiger partial charge on any atom is -0.508 e. The van der Waals surface area contributed by atoms with E-state index in [0.717, 1.165) is 11.1 Å².